The minimum Gasteiger partial charge on any atom is -0.290 e. The predicted molar refractivity (Wildman–Crippen MR) is 46.6 cm³/mol. The van der Waals surface area contributed by atoms with Crippen molar-refractivity contribution < 1.29 is 29.1 Å². The van der Waals surface area contributed by atoms with Crippen molar-refractivity contribution in [1.82, 2.24) is 0 Å². The average molecular weight is 261 g/mol. The SMILES string of the molecule is O=C1C=CC=C1.O=C1C=CC=C1.[Ru+3]. The summed E-state index contributed by atoms with van der Waals surface area (Å²) < 4.78 is 0. The first-order chi connectivity index (χ1) is 5.79. The van der Waals surface area contributed by atoms with E-state index in [1.807, 2.05) is 0 Å². The molecule has 3 heteroatoms. The predicted octanol–water partition coefficient (Wildman–Crippen LogP) is 1.36. The molecular formula is C10H8O2Ru+3. The van der Waals surface area contributed by atoms with E-state index >= 15 is 0 Å². The smallest absolute Gasteiger partial charge is 0.290 e. The molecule has 0 aliphatic heterocycles. The second-order valence-electron chi connectivity index (χ2n) is 2.24. The van der Waals surface area contributed by atoms with Crippen LogP contribution in [-0.2, 0) is 29.1 Å². The van der Waals surface area contributed by atoms with E-state index in [1.165, 1.54) is 24.3 Å². The Balaban J connectivity index is 0.000000206. The van der Waals surface area contributed by atoms with Crippen molar-refractivity contribution in [2.45, 2.75) is 0 Å². The average Bonchev–Trinajstić information content (AvgIpc) is 2.63. The maximum Gasteiger partial charge on any atom is 3.00 e. The van der Waals surface area contributed by atoms with Gasteiger partial charge in [-0.3, -0.25) is 9.59 Å². The Morgan fingerprint density at radius 3 is 0.923 bits per heavy atom. The maximum absolute atomic E-state index is 10.1. The van der Waals surface area contributed by atoms with Gasteiger partial charge in [-0.15, -0.1) is 0 Å². The zero-order chi connectivity index (χ0) is 8.81. The van der Waals surface area contributed by atoms with Crippen LogP contribution in [0.5, 0.6) is 0 Å². The van der Waals surface area contributed by atoms with E-state index < -0.39 is 0 Å². The maximum atomic E-state index is 10.1. The number of hydrogen-bond acceptors (Lipinski definition) is 2. The Bertz CT molecular complexity index is 249. The summed E-state index contributed by atoms with van der Waals surface area (Å²) in [5.41, 5.74) is 0. The summed E-state index contributed by atoms with van der Waals surface area (Å²) >= 11 is 0. The van der Waals surface area contributed by atoms with Gasteiger partial charge in [-0.25, -0.2) is 0 Å². The molecule has 2 aliphatic rings. The fraction of sp³-hybridized carbons (Fsp3) is 0. The molecule has 0 aromatic carbocycles. The summed E-state index contributed by atoms with van der Waals surface area (Å²) in [6, 6.07) is 0. The first kappa shape index (κ1) is 11.9. The molecule has 0 aromatic rings. The second kappa shape index (κ2) is 6.44. The van der Waals surface area contributed by atoms with Gasteiger partial charge in [0.25, 0.3) is 0 Å². The number of ketones is 2. The molecular weight excluding hydrogens is 253 g/mol. The van der Waals surface area contributed by atoms with E-state index in [4.69, 9.17) is 0 Å². The van der Waals surface area contributed by atoms with E-state index in [0.717, 1.165) is 0 Å². The Hall–Kier alpha value is -1.08. The first-order valence-corrected chi connectivity index (χ1v) is 3.56. The number of carbonyl (C=O) groups excluding carboxylic acids is 2. The Morgan fingerprint density at radius 2 is 0.846 bits per heavy atom. The zero-order valence-corrected chi connectivity index (χ0v) is 8.53. The van der Waals surface area contributed by atoms with Crippen molar-refractivity contribution in [3.8, 4) is 0 Å². The van der Waals surface area contributed by atoms with Crippen molar-refractivity contribution >= 4 is 11.6 Å². The monoisotopic (exact) mass is 262 g/mol. The van der Waals surface area contributed by atoms with Crippen LogP contribution in [0.15, 0.2) is 48.6 Å². The van der Waals surface area contributed by atoms with E-state index in [2.05, 4.69) is 0 Å². The molecule has 0 aromatic heterocycles. The largest absolute Gasteiger partial charge is 3.00 e. The van der Waals surface area contributed by atoms with Crippen LogP contribution >= 0.6 is 0 Å². The standard InChI is InChI=1S/2C5H4O.Ru/c2*6-5-3-1-2-4-5;/h2*1-4H;/q;;+3. The second-order valence-corrected chi connectivity index (χ2v) is 2.24. The number of allylic oxidation sites excluding steroid dienone is 8. The normalized spacial score (nSPS) is 15.7. The third kappa shape index (κ3) is 5.21. The molecule has 65 valence electrons. The fourth-order valence-corrected chi connectivity index (χ4v) is 0.713. The van der Waals surface area contributed by atoms with Crippen LogP contribution in [0.4, 0.5) is 0 Å². The van der Waals surface area contributed by atoms with Gasteiger partial charge in [0.1, 0.15) is 0 Å². The molecule has 0 spiro atoms. The van der Waals surface area contributed by atoms with E-state index in [9.17, 15) is 9.59 Å². The molecule has 2 rings (SSSR count). The molecule has 0 heterocycles. The Kier molecular flexibility index (Phi) is 5.91. The van der Waals surface area contributed by atoms with Gasteiger partial charge in [-0.2, -0.15) is 0 Å². The number of carbonyl (C=O) groups is 2. The van der Waals surface area contributed by atoms with Crippen molar-refractivity contribution in [2.75, 3.05) is 0 Å². The van der Waals surface area contributed by atoms with Crippen molar-refractivity contribution in [3.63, 3.8) is 0 Å². The van der Waals surface area contributed by atoms with Crippen LogP contribution in [0.1, 0.15) is 0 Å². The van der Waals surface area contributed by atoms with Gasteiger partial charge in [-0.1, -0.05) is 24.3 Å². The number of hydrogen-bond donors (Lipinski definition) is 0. The van der Waals surface area contributed by atoms with E-state index in [-0.39, 0.29) is 31.0 Å². The van der Waals surface area contributed by atoms with Crippen molar-refractivity contribution in [2.24, 2.45) is 0 Å². The topological polar surface area (TPSA) is 34.1 Å². The van der Waals surface area contributed by atoms with Crippen LogP contribution in [0.25, 0.3) is 0 Å². The molecule has 1 radical (unpaired) electrons. The summed E-state index contributed by atoms with van der Waals surface area (Å²) in [5, 5.41) is 0. The minimum absolute atomic E-state index is 0. The summed E-state index contributed by atoms with van der Waals surface area (Å²) in [4.78, 5) is 20.1. The molecule has 13 heavy (non-hydrogen) atoms. The molecule has 0 saturated heterocycles. The van der Waals surface area contributed by atoms with Gasteiger partial charge < -0.3 is 0 Å². The fourth-order valence-electron chi connectivity index (χ4n) is 0.713. The van der Waals surface area contributed by atoms with E-state index in [0.29, 0.717) is 0 Å². The van der Waals surface area contributed by atoms with Gasteiger partial charge >= 0.3 is 19.5 Å². The van der Waals surface area contributed by atoms with Gasteiger partial charge in [0, 0.05) is 0 Å². The molecule has 0 atom stereocenters. The number of rotatable bonds is 0. The Labute approximate surface area is 89.5 Å². The molecule has 0 N–H and O–H groups in total. The molecule has 0 saturated carbocycles. The summed E-state index contributed by atoms with van der Waals surface area (Å²) in [5.74, 6) is 0.185. The summed E-state index contributed by atoms with van der Waals surface area (Å²) in [6.07, 6.45) is 13.0. The third-order valence-corrected chi connectivity index (χ3v) is 1.26. The molecule has 2 aliphatic carbocycles. The minimum atomic E-state index is 0. The molecule has 2 nitrogen and oxygen atoms in total. The first-order valence-electron chi connectivity index (χ1n) is 3.56. The van der Waals surface area contributed by atoms with Crippen molar-refractivity contribution in [1.29, 1.82) is 0 Å². The van der Waals surface area contributed by atoms with Gasteiger partial charge in [0.2, 0.25) is 0 Å². The van der Waals surface area contributed by atoms with Gasteiger partial charge in [0.15, 0.2) is 11.6 Å². The van der Waals surface area contributed by atoms with Crippen LogP contribution < -0.4 is 0 Å². The molecule has 0 unspecified atom stereocenters. The zero-order valence-electron chi connectivity index (χ0n) is 6.79. The summed E-state index contributed by atoms with van der Waals surface area (Å²) in [7, 11) is 0. The van der Waals surface area contributed by atoms with Crippen LogP contribution in [0.2, 0.25) is 0 Å². The quantitative estimate of drug-likeness (QED) is 0.617. The van der Waals surface area contributed by atoms with E-state index in [1.54, 1.807) is 24.3 Å². The molecule has 0 fully saturated rings. The summed E-state index contributed by atoms with van der Waals surface area (Å²) in [6.45, 7) is 0. The molecule has 0 amide bonds. The Morgan fingerprint density at radius 1 is 0.615 bits per heavy atom. The molecule has 0 bridgehead atoms. The van der Waals surface area contributed by atoms with Gasteiger partial charge in [-0.05, 0) is 24.3 Å². The van der Waals surface area contributed by atoms with Crippen LogP contribution in [0.3, 0.4) is 0 Å². The third-order valence-electron chi connectivity index (χ3n) is 1.26. The van der Waals surface area contributed by atoms with Crippen LogP contribution in [-0.4, -0.2) is 11.6 Å². The van der Waals surface area contributed by atoms with Crippen molar-refractivity contribution in [3.05, 3.63) is 48.6 Å². The van der Waals surface area contributed by atoms with Crippen LogP contribution in [0, 0.1) is 0 Å². The van der Waals surface area contributed by atoms with Gasteiger partial charge in [0.05, 0.1) is 0 Å².